The fourth-order valence-corrected chi connectivity index (χ4v) is 4.92. The highest BCUT2D eigenvalue weighted by atomic mass is 16.5. The number of carbonyl (C=O) groups excluding carboxylic acids is 2. The Morgan fingerprint density at radius 1 is 1.27 bits per heavy atom. The molecule has 1 saturated carbocycles. The highest BCUT2D eigenvalue weighted by molar-refractivity contribution is 5.94. The lowest BCUT2D eigenvalue weighted by atomic mass is 9.71. The normalized spacial score (nSPS) is 26.4. The van der Waals surface area contributed by atoms with Gasteiger partial charge < -0.3 is 15.0 Å². The smallest absolute Gasteiger partial charge is 0.336 e. The van der Waals surface area contributed by atoms with Gasteiger partial charge in [0, 0.05) is 32.4 Å². The second kappa shape index (κ2) is 9.34. The number of aromatic nitrogens is 2. The summed E-state index contributed by atoms with van der Waals surface area (Å²) in [5, 5.41) is 15.7. The molecule has 1 aromatic rings. The zero-order chi connectivity index (χ0) is 23.6. The summed E-state index contributed by atoms with van der Waals surface area (Å²) in [6, 6.07) is 0.332. The molecule has 1 amide bonds. The van der Waals surface area contributed by atoms with Crippen molar-refractivity contribution in [3.63, 3.8) is 0 Å². The van der Waals surface area contributed by atoms with Gasteiger partial charge in [-0.2, -0.15) is 0 Å². The molecule has 1 aliphatic carbocycles. The molecule has 1 spiro atoms. The molecule has 11 nitrogen and oxygen atoms in total. The van der Waals surface area contributed by atoms with Gasteiger partial charge in [0.2, 0.25) is 5.91 Å². The molecule has 176 valence electrons. The number of esters is 1. The van der Waals surface area contributed by atoms with Gasteiger partial charge in [0.25, 0.3) is 0 Å². The third kappa shape index (κ3) is 4.50. The number of hydrogen-bond donors (Lipinski definition) is 1. The standard InChI is InChI=1S/C22H30N8O3/c1-14-18(13-33-20(14)31)30-10-9-22(21(30)32)7-5-16(6-8-22)26-15(2)17-11-25-19(12-24-17)29(4)28-27-23-3/h11-12,15-16,26H,3,5-10,13H2,1-2,4H3/b28-27-/t15-,16?,22?/m1/s1. The number of likely N-dealkylation sites (tertiary alicyclic amines) is 1. The van der Waals surface area contributed by atoms with Gasteiger partial charge in [-0.1, -0.05) is 0 Å². The molecule has 0 unspecified atom stereocenters. The van der Waals surface area contributed by atoms with Crippen molar-refractivity contribution in [2.45, 2.75) is 58.0 Å². The molecule has 3 heterocycles. The highest BCUT2D eigenvalue weighted by Gasteiger charge is 2.50. The molecule has 0 bridgehead atoms. The van der Waals surface area contributed by atoms with Crippen LogP contribution in [0, 0.1) is 5.41 Å². The lowest BCUT2D eigenvalue weighted by molar-refractivity contribution is -0.138. The Morgan fingerprint density at radius 3 is 2.64 bits per heavy atom. The van der Waals surface area contributed by atoms with Crippen molar-refractivity contribution in [1.29, 1.82) is 0 Å². The van der Waals surface area contributed by atoms with Crippen LogP contribution in [-0.4, -0.2) is 59.7 Å². The highest BCUT2D eigenvalue weighted by Crippen LogP contribution is 2.46. The Kier molecular flexibility index (Phi) is 6.50. The second-order valence-electron chi connectivity index (χ2n) is 8.94. The number of anilines is 1. The minimum atomic E-state index is -0.318. The Labute approximate surface area is 193 Å². The average Bonchev–Trinajstić information content (AvgIpc) is 3.32. The van der Waals surface area contributed by atoms with Crippen LogP contribution >= 0.6 is 0 Å². The summed E-state index contributed by atoms with van der Waals surface area (Å²) < 4.78 is 5.11. The van der Waals surface area contributed by atoms with Crippen molar-refractivity contribution in [2.75, 3.05) is 25.2 Å². The summed E-state index contributed by atoms with van der Waals surface area (Å²) in [6.45, 7) is 7.92. The van der Waals surface area contributed by atoms with E-state index in [2.05, 4.69) is 44.5 Å². The van der Waals surface area contributed by atoms with E-state index in [9.17, 15) is 9.59 Å². The zero-order valence-corrected chi connectivity index (χ0v) is 19.3. The summed E-state index contributed by atoms with van der Waals surface area (Å²) in [4.78, 5) is 35.7. The number of nitrogens with one attached hydrogen (secondary N) is 1. The van der Waals surface area contributed by atoms with Gasteiger partial charge in [-0.15, -0.1) is 5.10 Å². The molecule has 0 aromatic carbocycles. The summed E-state index contributed by atoms with van der Waals surface area (Å²) in [7, 11) is 1.71. The van der Waals surface area contributed by atoms with Gasteiger partial charge in [-0.3, -0.25) is 9.78 Å². The molecule has 2 aliphatic heterocycles. The summed E-state index contributed by atoms with van der Waals surface area (Å²) in [5.41, 5.74) is 1.82. The predicted molar refractivity (Wildman–Crippen MR) is 121 cm³/mol. The number of carbonyl (C=O) groups is 2. The minimum absolute atomic E-state index is 0.0256. The molecular formula is C22H30N8O3. The minimum Gasteiger partial charge on any atom is -0.456 e. The number of cyclic esters (lactones) is 1. The lowest BCUT2D eigenvalue weighted by Crippen LogP contribution is -2.42. The van der Waals surface area contributed by atoms with Crippen molar-refractivity contribution in [2.24, 2.45) is 21.0 Å². The summed E-state index contributed by atoms with van der Waals surface area (Å²) >= 11 is 0. The first-order chi connectivity index (χ1) is 15.8. The molecule has 33 heavy (non-hydrogen) atoms. The lowest BCUT2D eigenvalue weighted by Gasteiger charge is -2.37. The quantitative estimate of drug-likeness (QED) is 0.290. The van der Waals surface area contributed by atoms with Crippen LogP contribution in [0.15, 0.2) is 39.2 Å². The van der Waals surface area contributed by atoms with E-state index in [1.54, 1.807) is 31.3 Å². The maximum Gasteiger partial charge on any atom is 0.336 e. The van der Waals surface area contributed by atoms with Crippen LogP contribution in [0.1, 0.15) is 57.7 Å². The topological polar surface area (TPSA) is 125 Å². The molecule has 11 heteroatoms. The van der Waals surface area contributed by atoms with E-state index in [4.69, 9.17) is 4.74 Å². The van der Waals surface area contributed by atoms with Gasteiger partial charge in [-0.05, 0) is 56.4 Å². The molecule has 1 aromatic heterocycles. The first kappa shape index (κ1) is 23.0. The van der Waals surface area contributed by atoms with Crippen LogP contribution in [0.25, 0.3) is 0 Å². The Hall–Kier alpha value is -3.21. The number of ether oxygens (including phenoxy) is 1. The molecule has 1 atom stereocenters. The van der Waals surface area contributed by atoms with Gasteiger partial charge in [0.15, 0.2) is 5.82 Å². The monoisotopic (exact) mass is 454 g/mol. The van der Waals surface area contributed by atoms with Crippen LogP contribution in [0.2, 0.25) is 0 Å². The molecular weight excluding hydrogens is 424 g/mol. The maximum absolute atomic E-state index is 13.3. The number of amides is 1. The Balaban J connectivity index is 1.32. The van der Waals surface area contributed by atoms with Crippen molar-refractivity contribution < 1.29 is 14.3 Å². The van der Waals surface area contributed by atoms with Gasteiger partial charge in [0.1, 0.15) is 6.61 Å². The zero-order valence-electron chi connectivity index (χ0n) is 19.3. The van der Waals surface area contributed by atoms with Crippen molar-refractivity contribution in [3.8, 4) is 0 Å². The predicted octanol–water partition coefficient (Wildman–Crippen LogP) is 2.54. The molecule has 4 rings (SSSR count). The van der Waals surface area contributed by atoms with Gasteiger partial charge in [0.05, 0.1) is 34.8 Å². The van der Waals surface area contributed by atoms with E-state index in [-0.39, 0.29) is 29.9 Å². The number of nitrogens with zero attached hydrogens (tertiary/aromatic N) is 7. The third-order valence-electron chi connectivity index (χ3n) is 7.02. The Morgan fingerprint density at radius 2 is 2.03 bits per heavy atom. The fourth-order valence-electron chi connectivity index (χ4n) is 4.92. The van der Waals surface area contributed by atoms with Crippen molar-refractivity contribution in [1.82, 2.24) is 20.2 Å². The van der Waals surface area contributed by atoms with E-state index >= 15 is 0 Å². The van der Waals surface area contributed by atoms with E-state index in [0.29, 0.717) is 24.0 Å². The van der Waals surface area contributed by atoms with Crippen LogP contribution in [0.4, 0.5) is 5.82 Å². The third-order valence-corrected chi connectivity index (χ3v) is 7.02. The number of rotatable bonds is 7. The van der Waals surface area contributed by atoms with E-state index < -0.39 is 0 Å². The van der Waals surface area contributed by atoms with Crippen LogP contribution in [0.5, 0.6) is 0 Å². The largest absolute Gasteiger partial charge is 0.456 e. The van der Waals surface area contributed by atoms with Gasteiger partial charge >= 0.3 is 5.97 Å². The number of hydrogen-bond acceptors (Lipinski definition) is 8. The van der Waals surface area contributed by atoms with Crippen LogP contribution in [-0.2, 0) is 14.3 Å². The first-order valence-electron chi connectivity index (χ1n) is 11.2. The Bertz CT molecular complexity index is 982. The van der Waals surface area contributed by atoms with Crippen molar-refractivity contribution in [3.05, 3.63) is 29.4 Å². The molecule has 2 fully saturated rings. The van der Waals surface area contributed by atoms with Gasteiger partial charge in [-0.25, -0.2) is 14.8 Å². The second-order valence-corrected chi connectivity index (χ2v) is 8.94. The SMILES string of the molecule is C=N/N=N\N(C)c1cnc([C@@H](C)NC2CCC3(CC2)CCN(C2=C(C)C(=O)OC2)C3=O)cn1. The van der Waals surface area contributed by atoms with E-state index in [1.807, 2.05) is 0 Å². The first-order valence-corrected chi connectivity index (χ1v) is 11.2. The average molecular weight is 455 g/mol. The van der Waals surface area contributed by atoms with Crippen LogP contribution < -0.4 is 10.3 Å². The molecule has 0 radical (unpaired) electrons. The van der Waals surface area contributed by atoms with Crippen molar-refractivity contribution >= 4 is 24.4 Å². The molecule has 1 N–H and O–H groups in total. The summed E-state index contributed by atoms with van der Waals surface area (Å²) in [6.07, 6.45) is 7.71. The fraction of sp³-hybridized carbons (Fsp3) is 0.591. The molecule has 1 saturated heterocycles. The maximum atomic E-state index is 13.3. The molecule has 3 aliphatic rings. The van der Waals surface area contributed by atoms with Crippen LogP contribution in [0.3, 0.4) is 0 Å². The summed E-state index contributed by atoms with van der Waals surface area (Å²) in [5.74, 6) is 0.389. The van der Waals surface area contributed by atoms with E-state index in [0.717, 1.165) is 43.5 Å². The van der Waals surface area contributed by atoms with E-state index in [1.165, 1.54) is 5.01 Å².